The molecule has 4 atom stereocenters. The third-order valence-corrected chi connectivity index (χ3v) is 9.17. The van der Waals surface area contributed by atoms with Crippen LogP contribution in [0.15, 0.2) is 108 Å². The Bertz CT molecular complexity index is 1870. The maximum Gasteiger partial charge on any atom is 0.426 e. The number of fused-ring (bicyclic) bond motifs is 1. The molecule has 11 nitrogen and oxygen atoms in total. The van der Waals surface area contributed by atoms with Gasteiger partial charge in [-0.1, -0.05) is 54.6 Å². The van der Waals surface area contributed by atoms with Crippen LogP contribution in [0.4, 0.5) is 16.2 Å². The summed E-state index contributed by atoms with van der Waals surface area (Å²) >= 11 is 0. The monoisotopic (exact) mass is 623 g/mol. The highest BCUT2D eigenvalue weighted by molar-refractivity contribution is 7.87. The number of pyridine rings is 1. The van der Waals surface area contributed by atoms with Gasteiger partial charge in [0, 0.05) is 29.3 Å². The molecule has 4 unspecified atom stereocenters. The molecule has 2 aliphatic heterocycles. The molecule has 6 rings (SSSR count). The fourth-order valence-corrected chi connectivity index (χ4v) is 7.01. The Labute approximate surface area is 260 Å². The normalized spacial score (nSPS) is 20.9. The van der Waals surface area contributed by atoms with Crippen LogP contribution in [0.5, 0.6) is 5.75 Å². The lowest BCUT2D eigenvalue weighted by molar-refractivity contribution is -0.118. The van der Waals surface area contributed by atoms with Gasteiger partial charge in [-0.05, 0) is 48.9 Å². The van der Waals surface area contributed by atoms with Gasteiger partial charge >= 0.3 is 16.2 Å². The zero-order chi connectivity index (χ0) is 31.6. The van der Waals surface area contributed by atoms with Crippen molar-refractivity contribution in [3.8, 4) is 11.8 Å². The molecule has 1 N–H and O–H groups in total. The number of benzene rings is 3. The summed E-state index contributed by atoms with van der Waals surface area (Å²) in [6.45, 7) is 1.91. The van der Waals surface area contributed by atoms with Crippen molar-refractivity contribution in [3.63, 3.8) is 0 Å². The van der Waals surface area contributed by atoms with E-state index in [0.29, 0.717) is 34.9 Å². The predicted octanol–water partition coefficient (Wildman–Crippen LogP) is 4.87. The first-order chi connectivity index (χ1) is 21.8. The number of nitriles is 1. The van der Waals surface area contributed by atoms with Gasteiger partial charge in [0.15, 0.2) is 0 Å². The highest BCUT2D eigenvalue weighted by Gasteiger charge is 2.54. The number of rotatable bonds is 7. The van der Waals surface area contributed by atoms with Crippen LogP contribution in [0.3, 0.4) is 0 Å². The number of carbonyl (C=O) groups excluding carboxylic acids is 2. The molecule has 12 heteroatoms. The molecule has 2 amide bonds. The molecule has 0 bridgehead atoms. The summed E-state index contributed by atoms with van der Waals surface area (Å²) in [5.41, 5.74) is 2.42. The van der Waals surface area contributed by atoms with Gasteiger partial charge in [-0.3, -0.25) is 14.7 Å². The standard InChI is InChI=1S/C33H29N5O6S/c1-2-43-28-15-9-7-13-26(28)30-31(29-25-12-6-8-14-27(25)36-32(29)39)37(21-23(20-34)38(30)22-16-18-35-19-17-22)33(40)44-45(41,42)24-10-4-3-5-11-24/h3-19,23,29-31H,2,21H2,1H3,(H,36,39). The molecule has 0 aliphatic carbocycles. The van der Waals surface area contributed by atoms with Crippen molar-refractivity contribution in [1.29, 1.82) is 5.26 Å². The van der Waals surface area contributed by atoms with Crippen LogP contribution in [0.25, 0.3) is 0 Å². The number of hydrogen-bond acceptors (Lipinski definition) is 9. The molecule has 3 aromatic carbocycles. The summed E-state index contributed by atoms with van der Waals surface area (Å²) in [5.74, 6) is -0.852. The van der Waals surface area contributed by atoms with Gasteiger partial charge in [0.2, 0.25) is 5.91 Å². The fourth-order valence-electron chi connectivity index (χ4n) is 6.14. The van der Waals surface area contributed by atoms with Crippen LogP contribution in [0.2, 0.25) is 0 Å². The fraction of sp³-hybridized carbons (Fsp3) is 0.212. The van der Waals surface area contributed by atoms with E-state index in [2.05, 4.69) is 16.4 Å². The SMILES string of the molecule is CCOc1ccccc1C1C(C2C(=O)Nc3ccccc32)N(C(=O)OS(=O)(=O)c2ccccc2)CC(C#N)N1c1ccncc1. The van der Waals surface area contributed by atoms with E-state index in [9.17, 15) is 23.3 Å². The maximum absolute atomic E-state index is 14.1. The smallest absolute Gasteiger partial charge is 0.426 e. The Morgan fingerprint density at radius 3 is 2.36 bits per heavy atom. The number of ether oxygens (including phenoxy) is 1. The van der Waals surface area contributed by atoms with Crippen LogP contribution in [0.1, 0.15) is 30.0 Å². The number of nitrogens with zero attached hydrogens (tertiary/aromatic N) is 4. The molecule has 1 fully saturated rings. The minimum Gasteiger partial charge on any atom is -0.494 e. The summed E-state index contributed by atoms with van der Waals surface area (Å²) in [7, 11) is -4.54. The van der Waals surface area contributed by atoms with Crippen LogP contribution in [-0.2, 0) is 19.1 Å². The molecule has 228 valence electrons. The zero-order valence-corrected chi connectivity index (χ0v) is 25.0. The van der Waals surface area contributed by atoms with E-state index in [1.165, 1.54) is 29.2 Å². The second kappa shape index (κ2) is 12.3. The van der Waals surface area contributed by atoms with Crippen LogP contribution >= 0.6 is 0 Å². The van der Waals surface area contributed by atoms with Gasteiger partial charge < -0.3 is 19.1 Å². The third kappa shape index (κ3) is 5.54. The van der Waals surface area contributed by atoms with Crippen molar-refractivity contribution in [1.82, 2.24) is 9.88 Å². The van der Waals surface area contributed by atoms with E-state index >= 15 is 0 Å². The van der Waals surface area contributed by atoms with Crippen molar-refractivity contribution in [3.05, 3.63) is 115 Å². The maximum atomic E-state index is 14.1. The van der Waals surface area contributed by atoms with Crippen LogP contribution < -0.4 is 15.0 Å². The highest BCUT2D eigenvalue weighted by atomic mass is 32.2. The van der Waals surface area contributed by atoms with Crippen molar-refractivity contribution in [2.24, 2.45) is 0 Å². The first-order valence-electron chi connectivity index (χ1n) is 14.3. The average Bonchev–Trinajstić information content (AvgIpc) is 3.40. The Morgan fingerprint density at radius 1 is 0.978 bits per heavy atom. The summed E-state index contributed by atoms with van der Waals surface area (Å²) < 4.78 is 37.8. The van der Waals surface area contributed by atoms with E-state index in [1.807, 2.05) is 17.9 Å². The summed E-state index contributed by atoms with van der Waals surface area (Å²) in [6.07, 6.45) is 1.98. The van der Waals surface area contributed by atoms with Gasteiger partial charge in [-0.15, -0.1) is 0 Å². The number of carbonyl (C=O) groups is 2. The Kier molecular flexibility index (Phi) is 8.10. The zero-order valence-electron chi connectivity index (χ0n) is 24.2. The molecule has 0 radical (unpaired) electrons. The summed E-state index contributed by atoms with van der Waals surface area (Å²) in [4.78, 5) is 34.9. The van der Waals surface area contributed by atoms with Gasteiger partial charge in [0.05, 0.1) is 37.2 Å². The number of anilines is 2. The van der Waals surface area contributed by atoms with Gasteiger partial charge in [0.25, 0.3) is 0 Å². The molecular weight excluding hydrogens is 594 g/mol. The number of aromatic nitrogens is 1. The Morgan fingerprint density at radius 2 is 1.64 bits per heavy atom. The minimum absolute atomic E-state index is 0.204. The third-order valence-electron chi connectivity index (χ3n) is 7.96. The summed E-state index contributed by atoms with van der Waals surface area (Å²) in [5, 5.41) is 13.4. The lowest BCUT2D eigenvalue weighted by Crippen LogP contribution is -2.63. The van der Waals surface area contributed by atoms with Crippen molar-refractivity contribution < 1.29 is 26.9 Å². The first-order valence-corrected chi connectivity index (χ1v) is 15.7. The Balaban J connectivity index is 1.57. The van der Waals surface area contributed by atoms with E-state index in [-0.39, 0.29) is 17.3 Å². The van der Waals surface area contributed by atoms with E-state index in [4.69, 9.17) is 8.92 Å². The summed E-state index contributed by atoms with van der Waals surface area (Å²) in [6, 6.07) is 24.5. The number of amides is 2. The largest absolute Gasteiger partial charge is 0.494 e. The molecule has 0 spiro atoms. The lowest BCUT2D eigenvalue weighted by atomic mass is 9.80. The van der Waals surface area contributed by atoms with E-state index in [0.717, 1.165) is 0 Å². The molecule has 1 saturated heterocycles. The molecule has 1 aromatic heterocycles. The van der Waals surface area contributed by atoms with Crippen molar-refractivity contribution >= 4 is 33.5 Å². The van der Waals surface area contributed by atoms with Crippen LogP contribution in [-0.4, -0.2) is 55.5 Å². The van der Waals surface area contributed by atoms with E-state index < -0.39 is 40.3 Å². The molecule has 2 aliphatic rings. The average molecular weight is 624 g/mol. The van der Waals surface area contributed by atoms with Crippen LogP contribution in [0, 0.1) is 11.3 Å². The number of hydrogen-bond donors (Lipinski definition) is 1. The number of para-hydroxylation sites is 2. The second-order valence-corrected chi connectivity index (χ2v) is 12.0. The van der Waals surface area contributed by atoms with Gasteiger partial charge in [-0.2, -0.15) is 13.7 Å². The quantitative estimate of drug-likeness (QED) is 0.286. The Hall–Kier alpha value is -5.41. The number of piperazine rings is 1. The van der Waals surface area contributed by atoms with E-state index in [1.54, 1.807) is 73.1 Å². The number of nitrogens with one attached hydrogen (secondary N) is 1. The lowest BCUT2D eigenvalue weighted by Gasteiger charge is -2.51. The molecule has 4 aromatic rings. The van der Waals surface area contributed by atoms with Gasteiger partial charge in [-0.25, -0.2) is 4.79 Å². The van der Waals surface area contributed by atoms with Crippen molar-refractivity contribution in [2.75, 3.05) is 23.4 Å². The molecular formula is C33H29N5O6S. The molecule has 0 saturated carbocycles. The highest BCUT2D eigenvalue weighted by Crippen LogP contribution is 2.49. The predicted molar refractivity (Wildman–Crippen MR) is 165 cm³/mol. The van der Waals surface area contributed by atoms with Crippen molar-refractivity contribution in [2.45, 2.75) is 35.9 Å². The molecule has 45 heavy (non-hydrogen) atoms. The second-order valence-electron chi connectivity index (χ2n) is 10.5. The topological polar surface area (TPSA) is 142 Å². The molecule has 3 heterocycles. The first kappa shape index (κ1) is 29.7. The van der Waals surface area contributed by atoms with Gasteiger partial charge in [0.1, 0.15) is 16.7 Å². The minimum atomic E-state index is -4.54.